The van der Waals surface area contributed by atoms with Gasteiger partial charge in [0.1, 0.15) is 12.4 Å². The van der Waals surface area contributed by atoms with Gasteiger partial charge in [0.05, 0.1) is 19.2 Å². The Morgan fingerprint density at radius 2 is 2.06 bits per heavy atom. The third-order valence-electron chi connectivity index (χ3n) is 2.78. The van der Waals surface area contributed by atoms with E-state index in [1.165, 1.54) is 11.4 Å². The third-order valence-corrected chi connectivity index (χ3v) is 2.78. The number of aromatic nitrogens is 2. The summed E-state index contributed by atoms with van der Waals surface area (Å²) in [6.45, 7) is 6.97. The molecule has 2 heteroatoms. The van der Waals surface area contributed by atoms with Crippen LogP contribution < -0.4 is 4.57 Å². The molecule has 0 saturated heterocycles. The molecule has 82 valence electrons. The van der Waals surface area contributed by atoms with E-state index in [1.54, 1.807) is 0 Å². The van der Waals surface area contributed by atoms with Crippen molar-refractivity contribution in [3.63, 3.8) is 0 Å². The second-order valence-corrected chi connectivity index (χ2v) is 3.75. The number of hydrogen-bond donors (Lipinski definition) is 0. The van der Waals surface area contributed by atoms with Crippen LogP contribution in [0.1, 0.15) is 18.3 Å². The normalized spacial score (nSPS) is 10.3. The van der Waals surface area contributed by atoms with Crippen molar-refractivity contribution >= 4 is 6.20 Å². The first-order chi connectivity index (χ1) is 7.85. The Morgan fingerprint density at radius 3 is 2.69 bits per heavy atom. The molecule has 0 saturated carbocycles. The maximum absolute atomic E-state index is 3.83. The maximum atomic E-state index is 3.83. The molecule has 2 rings (SSSR count). The highest BCUT2D eigenvalue weighted by Gasteiger charge is 2.14. The lowest BCUT2D eigenvalue weighted by Crippen LogP contribution is -2.35. The van der Waals surface area contributed by atoms with E-state index in [4.69, 9.17) is 0 Å². The third kappa shape index (κ3) is 2.06. The van der Waals surface area contributed by atoms with Crippen molar-refractivity contribution in [3.8, 4) is 0 Å². The van der Waals surface area contributed by atoms with E-state index >= 15 is 0 Å². The van der Waals surface area contributed by atoms with Crippen molar-refractivity contribution in [3.05, 3.63) is 60.7 Å². The Balaban J connectivity index is 2.33. The first-order valence-electron chi connectivity index (χ1n) is 5.60. The van der Waals surface area contributed by atoms with Crippen LogP contribution in [0.2, 0.25) is 0 Å². The molecule has 1 heterocycles. The molecule has 16 heavy (non-hydrogen) atoms. The Morgan fingerprint density at radius 1 is 1.31 bits per heavy atom. The van der Waals surface area contributed by atoms with Gasteiger partial charge in [0.2, 0.25) is 0 Å². The number of aryl methyl sites for hydroxylation is 1. The molecule has 0 spiro atoms. The molecule has 0 N–H and O–H groups in total. The van der Waals surface area contributed by atoms with Crippen LogP contribution in [0.5, 0.6) is 0 Å². The summed E-state index contributed by atoms with van der Waals surface area (Å²) in [4.78, 5) is 0. The fraction of sp³-hybridized carbons (Fsp3) is 0.214. The molecule has 0 amide bonds. The molecular weight excluding hydrogens is 196 g/mol. The minimum absolute atomic E-state index is 0.938. The van der Waals surface area contributed by atoms with Gasteiger partial charge >= 0.3 is 0 Å². The van der Waals surface area contributed by atoms with Crippen LogP contribution in [0.4, 0.5) is 0 Å². The fourth-order valence-electron chi connectivity index (χ4n) is 1.90. The van der Waals surface area contributed by atoms with Crippen LogP contribution in [-0.2, 0) is 13.0 Å². The van der Waals surface area contributed by atoms with Gasteiger partial charge in [-0.15, -0.1) is 0 Å². The van der Waals surface area contributed by atoms with Gasteiger partial charge in [0.15, 0.2) is 0 Å². The fourth-order valence-corrected chi connectivity index (χ4v) is 1.90. The van der Waals surface area contributed by atoms with Crippen LogP contribution in [0.3, 0.4) is 0 Å². The standard InChI is InChI=1S/C14H17N2/c1-3-15-10-11-16(4-2)14(15)12-13-8-6-5-7-9-13/h3,5-11H,1,4,12H2,2H3/q+1. The van der Waals surface area contributed by atoms with Crippen molar-refractivity contribution in [1.29, 1.82) is 0 Å². The number of rotatable bonds is 4. The topological polar surface area (TPSA) is 8.81 Å². The Labute approximate surface area is 96.5 Å². The van der Waals surface area contributed by atoms with Gasteiger partial charge in [-0.25, -0.2) is 9.13 Å². The smallest absolute Gasteiger partial charge is 0.234 e. The molecule has 0 bridgehead atoms. The van der Waals surface area contributed by atoms with Gasteiger partial charge in [0, 0.05) is 0 Å². The molecule has 2 nitrogen and oxygen atoms in total. The largest absolute Gasteiger partial charge is 0.265 e. The lowest BCUT2D eigenvalue weighted by Gasteiger charge is -2.01. The molecule has 1 aromatic carbocycles. The summed E-state index contributed by atoms with van der Waals surface area (Å²) in [6, 6.07) is 10.5. The molecule has 1 aromatic heterocycles. The van der Waals surface area contributed by atoms with Gasteiger partial charge in [-0.1, -0.05) is 36.9 Å². The van der Waals surface area contributed by atoms with E-state index in [0.29, 0.717) is 0 Å². The summed E-state index contributed by atoms with van der Waals surface area (Å²) in [7, 11) is 0. The zero-order valence-corrected chi connectivity index (χ0v) is 9.63. The molecule has 2 aromatic rings. The summed E-state index contributed by atoms with van der Waals surface area (Å²) < 4.78 is 4.32. The van der Waals surface area contributed by atoms with Gasteiger partial charge in [-0.3, -0.25) is 0 Å². The second kappa shape index (κ2) is 4.79. The maximum Gasteiger partial charge on any atom is 0.265 e. The number of hydrogen-bond acceptors (Lipinski definition) is 0. The molecule has 0 radical (unpaired) electrons. The lowest BCUT2D eigenvalue weighted by molar-refractivity contribution is -0.699. The first kappa shape index (κ1) is 10.7. The highest BCUT2D eigenvalue weighted by atomic mass is 15.1. The average molecular weight is 213 g/mol. The summed E-state index contributed by atoms with van der Waals surface area (Å²) in [5.41, 5.74) is 1.33. The Kier molecular flexibility index (Phi) is 3.20. The average Bonchev–Trinajstić information content (AvgIpc) is 2.72. The number of benzene rings is 1. The molecule has 0 aliphatic heterocycles. The highest BCUT2D eigenvalue weighted by Crippen LogP contribution is 2.06. The Bertz CT molecular complexity index is 469. The van der Waals surface area contributed by atoms with Crippen molar-refractivity contribution in [2.24, 2.45) is 0 Å². The van der Waals surface area contributed by atoms with Crippen LogP contribution in [0.25, 0.3) is 6.20 Å². The van der Waals surface area contributed by atoms with E-state index in [9.17, 15) is 0 Å². The molecule has 0 fully saturated rings. The molecule has 0 unspecified atom stereocenters. The number of imidazole rings is 1. The lowest BCUT2D eigenvalue weighted by atomic mass is 10.1. The van der Waals surface area contributed by atoms with Crippen LogP contribution in [0.15, 0.2) is 49.3 Å². The van der Waals surface area contributed by atoms with E-state index in [2.05, 4.69) is 59.3 Å². The van der Waals surface area contributed by atoms with Gasteiger partial charge in [0.25, 0.3) is 5.82 Å². The zero-order chi connectivity index (χ0) is 11.4. The SMILES string of the molecule is C=Cn1cc[n+](CC)c1Cc1ccccc1. The monoisotopic (exact) mass is 213 g/mol. The summed E-state index contributed by atoms with van der Waals surface area (Å²) in [5, 5.41) is 0. The van der Waals surface area contributed by atoms with Gasteiger partial charge < -0.3 is 0 Å². The quantitative estimate of drug-likeness (QED) is 0.690. The number of nitrogens with zero attached hydrogens (tertiary/aromatic N) is 2. The predicted molar refractivity (Wildman–Crippen MR) is 65.9 cm³/mol. The van der Waals surface area contributed by atoms with Gasteiger partial charge in [-0.2, -0.15) is 0 Å². The summed E-state index contributed by atoms with van der Waals surface area (Å²) in [6.07, 6.45) is 6.94. The van der Waals surface area contributed by atoms with E-state index < -0.39 is 0 Å². The van der Waals surface area contributed by atoms with Crippen molar-refractivity contribution in [1.82, 2.24) is 4.57 Å². The molecule has 0 atom stereocenters. The van der Waals surface area contributed by atoms with E-state index in [1.807, 2.05) is 12.3 Å². The first-order valence-corrected chi connectivity index (χ1v) is 5.60. The molecule has 0 aliphatic rings. The van der Waals surface area contributed by atoms with Crippen LogP contribution in [0, 0.1) is 0 Å². The van der Waals surface area contributed by atoms with Crippen LogP contribution >= 0.6 is 0 Å². The van der Waals surface area contributed by atoms with E-state index in [0.717, 1.165) is 13.0 Å². The van der Waals surface area contributed by atoms with Gasteiger partial charge in [-0.05, 0) is 12.5 Å². The Hall–Kier alpha value is -1.83. The summed E-state index contributed by atoms with van der Waals surface area (Å²) >= 11 is 0. The summed E-state index contributed by atoms with van der Waals surface area (Å²) in [5.74, 6) is 1.27. The van der Waals surface area contributed by atoms with Crippen LogP contribution in [-0.4, -0.2) is 4.57 Å². The van der Waals surface area contributed by atoms with Crippen molar-refractivity contribution in [2.75, 3.05) is 0 Å². The minimum atomic E-state index is 0.938. The van der Waals surface area contributed by atoms with E-state index in [-0.39, 0.29) is 0 Å². The molecular formula is C14H17N2+. The van der Waals surface area contributed by atoms with Crippen molar-refractivity contribution in [2.45, 2.75) is 19.9 Å². The highest BCUT2D eigenvalue weighted by molar-refractivity contribution is 5.23. The predicted octanol–water partition coefficient (Wildman–Crippen LogP) is 2.49. The molecule has 0 aliphatic carbocycles. The van der Waals surface area contributed by atoms with Crippen molar-refractivity contribution < 1.29 is 4.57 Å². The zero-order valence-electron chi connectivity index (χ0n) is 9.63. The second-order valence-electron chi connectivity index (χ2n) is 3.75. The minimum Gasteiger partial charge on any atom is -0.234 e.